The number of carbonyl (C=O) groups excluding carboxylic acids is 1. The van der Waals surface area contributed by atoms with Crippen LogP contribution in [0.15, 0.2) is 24.3 Å². The lowest BCUT2D eigenvalue weighted by Gasteiger charge is -2.18. The van der Waals surface area contributed by atoms with Crippen LogP contribution in [-0.4, -0.2) is 18.3 Å². The molecule has 0 N–H and O–H groups in total. The average Bonchev–Trinajstić information content (AvgIpc) is 2.27. The summed E-state index contributed by atoms with van der Waals surface area (Å²) in [6, 6.07) is 4.67. The molecule has 2 nitrogen and oxygen atoms in total. The van der Waals surface area contributed by atoms with Crippen LogP contribution in [0.5, 0.6) is 5.75 Å². The van der Waals surface area contributed by atoms with Crippen molar-refractivity contribution in [1.29, 1.82) is 0 Å². The minimum Gasteiger partial charge on any atom is -0.428 e. The van der Waals surface area contributed by atoms with Crippen LogP contribution in [0.4, 0.5) is 17.6 Å². The maximum atomic E-state index is 12.6. The summed E-state index contributed by atoms with van der Waals surface area (Å²) in [4.78, 5) is 11.9. The van der Waals surface area contributed by atoms with E-state index in [0.29, 0.717) is 5.56 Å². The van der Waals surface area contributed by atoms with Gasteiger partial charge in [-0.25, -0.2) is 0 Å². The second-order valence-electron chi connectivity index (χ2n) is 5.07. The average molecular weight is 278 g/mol. The molecular formula is C13H14F4O2. The van der Waals surface area contributed by atoms with Crippen molar-refractivity contribution in [3.63, 3.8) is 0 Å². The zero-order valence-corrected chi connectivity index (χ0v) is 10.7. The Morgan fingerprint density at radius 3 is 1.95 bits per heavy atom. The summed E-state index contributed by atoms with van der Waals surface area (Å²) in [6.45, 7) is 5.14. The van der Waals surface area contributed by atoms with Crippen LogP contribution in [0, 0.1) is 5.41 Å². The quantitative estimate of drug-likeness (QED) is 0.611. The predicted octanol–water partition coefficient (Wildman–Crippen LogP) is 4.15. The molecule has 0 radical (unpaired) electrons. The van der Waals surface area contributed by atoms with Gasteiger partial charge in [-0.1, -0.05) is 20.8 Å². The number of alkyl halides is 4. The van der Waals surface area contributed by atoms with E-state index >= 15 is 0 Å². The lowest BCUT2D eigenvalue weighted by Crippen LogP contribution is -2.33. The van der Waals surface area contributed by atoms with E-state index in [4.69, 9.17) is 0 Å². The van der Waals surface area contributed by atoms with Crippen molar-refractivity contribution in [1.82, 2.24) is 0 Å². The summed E-state index contributed by atoms with van der Waals surface area (Å²) < 4.78 is 53.0. The molecule has 19 heavy (non-hydrogen) atoms. The Kier molecular flexibility index (Phi) is 4.22. The molecule has 106 valence electrons. The van der Waals surface area contributed by atoms with Gasteiger partial charge in [0.25, 0.3) is 0 Å². The third kappa shape index (κ3) is 3.94. The first-order chi connectivity index (χ1) is 8.54. The van der Waals surface area contributed by atoms with Crippen LogP contribution in [-0.2, 0) is 0 Å². The van der Waals surface area contributed by atoms with Crippen molar-refractivity contribution in [2.75, 3.05) is 0 Å². The van der Waals surface area contributed by atoms with Crippen LogP contribution in [0.25, 0.3) is 0 Å². The van der Waals surface area contributed by atoms with Gasteiger partial charge < -0.3 is 4.74 Å². The second-order valence-corrected chi connectivity index (χ2v) is 5.07. The zero-order chi connectivity index (χ0) is 14.8. The highest BCUT2D eigenvalue weighted by atomic mass is 19.3. The third-order valence-corrected chi connectivity index (χ3v) is 2.31. The Balaban J connectivity index is 2.86. The summed E-state index contributed by atoms with van der Waals surface area (Å²) >= 11 is 0. The lowest BCUT2D eigenvalue weighted by molar-refractivity contribution is -0.253. The molecule has 0 unspecified atom stereocenters. The van der Waals surface area contributed by atoms with Gasteiger partial charge in [0, 0.05) is 11.0 Å². The molecule has 0 amide bonds. The fourth-order valence-corrected chi connectivity index (χ4v) is 1.31. The predicted molar refractivity (Wildman–Crippen MR) is 61.8 cm³/mol. The lowest BCUT2D eigenvalue weighted by atomic mass is 9.86. The molecule has 0 fully saturated rings. The Bertz CT molecular complexity index is 447. The minimum absolute atomic E-state index is 0.181. The first kappa shape index (κ1) is 15.5. The van der Waals surface area contributed by atoms with Crippen LogP contribution >= 0.6 is 0 Å². The molecule has 0 bridgehead atoms. The Labute approximate surface area is 108 Å². The van der Waals surface area contributed by atoms with E-state index in [0.717, 1.165) is 12.1 Å². The molecule has 6 heteroatoms. The van der Waals surface area contributed by atoms with E-state index in [2.05, 4.69) is 4.74 Å². The van der Waals surface area contributed by atoms with E-state index in [1.165, 1.54) is 12.1 Å². The molecule has 0 heterocycles. The highest BCUT2D eigenvalue weighted by molar-refractivity contribution is 5.99. The summed E-state index contributed by atoms with van der Waals surface area (Å²) in [6.07, 6.45) is -8.46. The van der Waals surface area contributed by atoms with Crippen LogP contribution in [0.2, 0.25) is 0 Å². The normalized spacial score (nSPS) is 12.6. The Hall–Kier alpha value is -1.59. The van der Waals surface area contributed by atoms with E-state index in [1.54, 1.807) is 20.8 Å². The highest BCUT2D eigenvalue weighted by Crippen LogP contribution is 2.28. The third-order valence-electron chi connectivity index (χ3n) is 2.31. The number of rotatable bonds is 4. The van der Waals surface area contributed by atoms with Crippen molar-refractivity contribution in [3.8, 4) is 5.75 Å². The number of ether oxygens (including phenoxy) is 1. The monoisotopic (exact) mass is 278 g/mol. The van der Waals surface area contributed by atoms with Crippen LogP contribution in [0.1, 0.15) is 31.1 Å². The zero-order valence-electron chi connectivity index (χ0n) is 10.7. The van der Waals surface area contributed by atoms with Gasteiger partial charge in [0.05, 0.1) is 0 Å². The van der Waals surface area contributed by atoms with Crippen molar-refractivity contribution >= 4 is 5.78 Å². The fraction of sp³-hybridized carbons (Fsp3) is 0.462. The van der Waals surface area contributed by atoms with Gasteiger partial charge in [-0.15, -0.1) is 0 Å². The van der Waals surface area contributed by atoms with Gasteiger partial charge in [0.15, 0.2) is 5.78 Å². The van der Waals surface area contributed by atoms with Gasteiger partial charge >= 0.3 is 12.5 Å². The topological polar surface area (TPSA) is 26.3 Å². The van der Waals surface area contributed by atoms with Gasteiger partial charge in [-0.2, -0.15) is 17.6 Å². The summed E-state index contributed by atoms with van der Waals surface area (Å²) in [5.41, 5.74) is -0.310. The Morgan fingerprint density at radius 2 is 1.58 bits per heavy atom. The number of halogens is 4. The molecule has 1 aromatic rings. The van der Waals surface area contributed by atoms with Crippen molar-refractivity contribution in [2.24, 2.45) is 5.41 Å². The molecule has 0 aliphatic heterocycles. The standard InChI is InChI=1S/C13H14F4O2/c1-12(2,3)10(18)8-4-6-9(7-5-8)19-13(16,17)11(14)15/h4-7,11H,1-3H3. The highest BCUT2D eigenvalue weighted by Gasteiger charge is 2.43. The van der Waals surface area contributed by atoms with E-state index < -0.39 is 23.7 Å². The van der Waals surface area contributed by atoms with Gasteiger partial charge in [-0.05, 0) is 24.3 Å². The number of hydrogen-bond acceptors (Lipinski definition) is 2. The van der Waals surface area contributed by atoms with Crippen LogP contribution < -0.4 is 4.74 Å². The molecule has 0 spiro atoms. The van der Waals surface area contributed by atoms with Crippen molar-refractivity contribution in [2.45, 2.75) is 33.3 Å². The maximum absolute atomic E-state index is 12.6. The molecule has 0 aliphatic rings. The second kappa shape index (κ2) is 5.19. The number of carbonyl (C=O) groups is 1. The first-order valence-electron chi connectivity index (χ1n) is 5.54. The number of benzene rings is 1. The number of hydrogen-bond donors (Lipinski definition) is 0. The molecule has 0 aliphatic carbocycles. The molecule has 0 atom stereocenters. The van der Waals surface area contributed by atoms with E-state index in [9.17, 15) is 22.4 Å². The maximum Gasteiger partial charge on any atom is 0.461 e. The first-order valence-corrected chi connectivity index (χ1v) is 5.54. The summed E-state index contributed by atoms with van der Waals surface area (Å²) in [5, 5.41) is 0. The molecule has 1 rings (SSSR count). The van der Waals surface area contributed by atoms with Gasteiger partial charge in [0.1, 0.15) is 5.75 Å². The molecule has 0 saturated heterocycles. The summed E-state index contributed by atoms with van der Waals surface area (Å²) in [5.74, 6) is -0.601. The number of Topliss-reactive ketones (excluding diaryl/α,β-unsaturated/α-hetero) is 1. The molecule has 0 aromatic heterocycles. The van der Waals surface area contributed by atoms with Crippen LogP contribution in [0.3, 0.4) is 0 Å². The molecule has 0 saturated carbocycles. The van der Waals surface area contributed by atoms with Crippen molar-refractivity contribution < 1.29 is 27.1 Å². The minimum atomic E-state index is -4.55. The Morgan fingerprint density at radius 1 is 1.11 bits per heavy atom. The fourth-order valence-electron chi connectivity index (χ4n) is 1.31. The summed E-state index contributed by atoms with van der Waals surface area (Å²) in [7, 11) is 0. The van der Waals surface area contributed by atoms with Crippen molar-refractivity contribution in [3.05, 3.63) is 29.8 Å². The SMILES string of the molecule is CC(C)(C)C(=O)c1ccc(OC(F)(F)C(F)F)cc1. The van der Waals surface area contributed by atoms with Gasteiger partial charge in [-0.3, -0.25) is 4.79 Å². The van der Waals surface area contributed by atoms with Gasteiger partial charge in [0.2, 0.25) is 0 Å². The molecular weight excluding hydrogens is 264 g/mol. The largest absolute Gasteiger partial charge is 0.461 e. The smallest absolute Gasteiger partial charge is 0.428 e. The van der Waals surface area contributed by atoms with E-state index in [1.807, 2.05) is 0 Å². The number of ketones is 1. The molecule has 1 aromatic carbocycles. The van der Waals surface area contributed by atoms with E-state index in [-0.39, 0.29) is 5.78 Å².